The van der Waals surface area contributed by atoms with Crippen LogP contribution in [-0.2, 0) is 9.53 Å². The molecule has 1 aromatic carbocycles. The summed E-state index contributed by atoms with van der Waals surface area (Å²) in [5, 5.41) is 3.57. The molecule has 0 spiro atoms. The van der Waals surface area contributed by atoms with Crippen molar-refractivity contribution < 1.29 is 14.3 Å². The van der Waals surface area contributed by atoms with E-state index in [1.54, 1.807) is 19.1 Å². The van der Waals surface area contributed by atoms with Gasteiger partial charge in [-0.25, -0.2) is 0 Å². The lowest BCUT2D eigenvalue weighted by molar-refractivity contribution is -0.132. The van der Waals surface area contributed by atoms with Gasteiger partial charge in [-0.2, -0.15) is 0 Å². The first kappa shape index (κ1) is 15.9. The largest absolute Gasteiger partial charge is 0.492 e. The molecule has 1 aliphatic rings. The third kappa shape index (κ3) is 3.99. The molecule has 114 valence electrons. The van der Waals surface area contributed by atoms with Crippen LogP contribution in [0.25, 0.3) is 0 Å². The highest BCUT2D eigenvalue weighted by atomic mass is 35.5. The molecule has 1 amide bonds. The molecule has 0 unspecified atom stereocenters. The van der Waals surface area contributed by atoms with E-state index in [9.17, 15) is 4.79 Å². The lowest BCUT2D eigenvalue weighted by Crippen LogP contribution is -2.39. The van der Waals surface area contributed by atoms with Crippen LogP contribution in [0.3, 0.4) is 0 Å². The summed E-state index contributed by atoms with van der Waals surface area (Å²) in [5.41, 5.74) is 0.917. The SMILES string of the molecule is C=CCCO[C@H](C)C(=O)N[C@@H]1CCOc2c(Cl)cccc21. The summed E-state index contributed by atoms with van der Waals surface area (Å²) in [6.45, 7) is 6.40. The van der Waals surface area contributed by atoms with Crippen LogP contribution < -0.4 is 10.1 Å². The van der Waals surface area contributed by atoms with Crippen molar-refractivity contribution in [2.45, 2.75) is 31.9 Å². The van der Waals surface area contributed by atoms with Gasteiger partial charge < -0.3 is 14.8 Å². The van der Waals surface area contributed by atoms with Crippen LogP contribution in [0, 0.1) is 0 Å². The molecule has 1 aromatic rings. The van der Waals surface area contributed by atoms with Crippen molar-refractivity contribution >= 4 is 17.5 Å². The van der Waals surface area contributed by atoms with Crippen molar-refractivity contribution in [1.29, 1.82) is 0 Å². The lowest BCUT2D eigenvalue weighted by Gasteiger charge is -2.28. The zero-order valence-corrected chi connectivity index (χ0v) is 12.9. The minimum atomic E-state index is -0.490. The Bertz CT molecular complexity index is 518. The van der Waals surface area contributed by atoms with Gasteiger partial charge in [0.15, 0.2) is 0 Å². The van der Waals surface area contributed by atoms with Crippen molar-refractivity contribution in [3.63, 3.8) is 0 Å². The number of rotatable bonds is 6. The van der Waals surface area contributed by atoms with E-state index in [0.29, 0.717) is 24.0 Å². The molecule has 0 saturated heterocycles. The summed E-state index contributed by atoms with van der Waals surface area (Å²) in [6, 6.07) is 5.48. The normalized spacial score (nSPS) is 18.3. The highest BCUT2D eigenvalue weighted by Gasteiger charge is 2.26. The number of ether oxygens (including phenoxy) is 2. The van der Waals surface area contributed by atoms with Gasteiger partial charge in [0.25, 0.3) is 0 Å². The van der Waals surface area contributed by atoms with Crippen molar-refractivity contribution in [2.75, 3.05) is 13.2 Å². The number of para-hydroxylation sites is 1. The van der Waals surface area contributed by atoms with Gasteiger partial charge in [0, 0.05) is 12.0 Å². The van der Waals surface area contributed by atoms with Crippen LogP contribution in [0.4, 0.5) is 0 Å². The average Bonchev–Trinajstić information content (AvgIpc) is 2.48. The maximum absolute atomic E-state index is 12.2. The van der Waals surface area contributed by atoms with Crippen molar-refractivity contribution in [1.82, 2.24) is 5.32 Å². The van der Waals surface area contributed by atoms with E-state index in [0.717, 1.165) is 18.4 Å². The first-order valence-electron chi connectivity index (χ1n) is 7.07. The Hall–Kier alpha value is -1.52. The lowest BCUT2D eigenvalue weighted by atomic mass is 10.0. The van der Waals surface area contributed by atoms with E-state index in [1.165, 1.54) is 0 Å². The van der Waals surface area contributed by atoms with Gasteiger partial charge in [-0.15, -0.1) is 6.58 Å². The summed E-state index contributed by atoms with van der Waals surface area (Å²) in [6.07, 6.45) is 2.73. The molecule has 0 radical (unpaired) electrons. The van der Waals surface area contributed by atoms with E-state index < -0.39 is 6.10 Å². The number of hydrogen-bond donors (Lipinski definition) is 1. The fourth-order valence-electron chi connectivity index (χ4n) is 2.23. The number of amides is 1. The number of nitrogens with one attached hydrogen (secondary N) is 1. The molecule has 1 aliphatic heterocycles. The molecule has 0 fully saturated rings. The number of benzene rings is 1. The zero-order valence-electron chi connectivity index (χ0n) is 12.1. The van der Waals surface area contributed by atoms with E-state index in [1.807, 2.05) is 12.1 Å². The molecule has 2 rings (SSSR count). The Balaban J connectivity index is 1.99. The van der Waals surface area contributed by atoms with Crippen molar-refractivity contribution in [3.05, 3.63) is 41.4 Å². The van der Waals surface area contributed by atoms with Crippen molar-refractivity contribution in [2.24, 2.45) is 0 Å². The Morgan fingerprint density at radius 3 is 3.24 bits per heavy atom. The number of hydrogen-bond acceptors (Lipinski definition) is 3. The fraction of sp³-hybridized carbons (Fsp3) is 0.438. The van der Waals surface area contributed by atoms with Gasteiger partial charge in [0.05, 0.1) is 24.3 Å². The minimum Gasteiger partial charge on any atom is -0.492 e. The molecule has 4 nitrogen and oxygen atoms in total. The van der Waals surface area contributed by atoms with Crippen LogP contribution >= 0.6 is 11.6 Å². The third-order valence-corrected chi connectivity index (χ3v) is 3.70. The molecule has 1 heterocycles. The van der Waals surface area contributed by atoms with Crippen LogP contribution in [0.5, 0.6) is 5.75 Å². The first-order valence-corrected chi connectivity index (χ1v) is 7.45. The second-order valence-electron chi connectivity index (χ2n) is 4.95. The van der Waals surface area contributed by atoms with Gasteiger partial charge in [0.1, 0.15) is 11.9 Å². The summed E-state index contributed by atoms with van der Waals surface area (Å²) < 4.78 is 11.0. The van der Waals surface area contributed by atoms with Crippen LogP contribution in [0.1, 0.15) is 31.4 Å². The molecule has 0 saturated carbocycles. The average molecular weight is 310 g/mol. The maximum Gasteiger partial charge on any atom is 0.249 e. The van der Waals surface area contributed by atoms with Gasteiger partial charge >= 0.3 is 0 Å². The third-order valence-electron chi connectivity index (χ3n) is 3.40. The Morgan fingerprint density at radius 2 is 2.48 bits per heavy atom. The second-order valence-corrected chi connectivity index (χ2v) is 5.35. The molecule has 0 aliphatic carbocycles. The van der Waals surface area contributed by atoms with Crippen LogP contribution in [0.15, 0.2) is 30.9 Å². The van der Waals surface area contributed by atoms with Crippen molar-refractivity contribution in [3.8, 4) is 5.75 Å². The van der Waals surface area contributed by atoms with Gasteiger partial charge in [-0.1, -0.05) is 29.8 Å². The zero-order chi connectivity index (χ0) is 15.2. The summed E-state index contributed by atoms with van der Waals surface area (Å²) >= 11 is 6.12. The Kier molecular flexibility index (Phi) is 5.65. The molecule has 21 heavy (non-hydrogen) atoms. The van der Waals surface area contributed by atoms with E-state index >= 15 is 0 Å². The van der Waals surface area contributed by atoms with E-state index in [-0.39, 0.29) is 11.9 Å². The predicted octanol–water partition coefficient (Wildman–Crippen LogP) is 3.26. The van der Waals surface area contributed by atoms with Crippen LogP contribution in [-0.4, -0.2) is 25.2 Å². The smallest absolute Gasteiger partial charge is 0.249 e. The van der Waals surface area contributed by atoms with E-state index in [4.69, 9.17) is 21.1 Å². The molecule has 0 aromatic heterocycles. The quantitative estimate of drug-likeness (QED) is 0.648. The first-order chi connectivity index (χ1) is 10.1. The van der Waals surface area contributed by atoms with Gasteiger partial charge in [0.2, 0.25) is 5.91 Å². The summed E-state index contributed by atoms with van der Waals surface area (Å²) in [4.78, 5) is 12.2. The standard InChI is InChI=1S/C16H20ClNO3/c1-3-4-9-20-11(2)16(19)18-14-8-10-21-15-12(14)6-5-7-13(15)17/h3,5-7,11,14H,1,4,8-10H2,2H3,(H,18,19)/t11-,14-/m1/s1. The molecule has 0 bridgehead atoms. The van der Waals surface area contributed by atoms with Gasteiger partial charge in [-0.3, -0.25) is 4.79 Å². The monoisotopic (exact) mass is 309 g/mol. The molecular weight excluding hydrogens is 290 g/mol. The number of carbonyl (C=O) groups excluding carboxylic acids is 1. The van der Waals surface area contributed by atoms with E-state index in [2.05, 4.69) is 11.9 Å². The molecule has 1 N–H and O–H groups in total. The molecule has 2 atom stereocenters. The predicted molar refractivity (Wildman–Crippen MR) is 82.7 cm³/mol. The summed E-state index contributed by atoms with van der Waals surface area (Å²) in [7, 11) is 0. The van der Waals surface area contributed by atoms with Crippen LogP contribution in [0.2, 0.25) is 5.02 Å². The molecule has 5 heteroatoms. The second kappa shape index (κ2) is 7.48. The highest BCUT2D eigenvalue weighted by molar-refractivity contribution is 6.32. The number of halogens is 1. The number of carbonyl (C=O) groups is 1. The fourth-order valence-corrected chi connectivity index (χ4v) is 2.47. The maximum atomic E-state index is 12.2. The number of fused-ring (bicyclic) bond motifs is 1. The molecular formula is C16H20ClNO3. The minimum absolute atomic E-state index is 0.0922. The Morgan fingerprint density at radius 1 is 1.67 bits per heavy atom. The highest BCUT2D eigenvalue weighted by Crippen LogP contribution is 2.37. The topological polar surface area (TPSA) is 47.6 Å². The van der Waals surface area contributed by atoms with Gasteiger partial charge in [-0.05, 0) is 19.4 Å². The summed E-state index contributed by atoms with van der Waals surface area (Å²) in [5.74, 6) is 0.535. The Labute approximate surface area is 130 Å².